The molecule has 0 spiro atoms. The Morgan fingerprint density at radius 3 is 2.29 bits per heavy atom. The zero-order valence-electron chi connectivity index (χ0n) is 21.9. The van der Waals surface area contributed by atoms with Gasteiger partial charge in [-0.1, -0.05) is 78.7 Å². The highest BCUT2D eigenvalue weighted by Gasteiger charge is 2.63. The van der Waals surface area contributed by atoms with Crippen LogP contribution in [0.25, 0.3) is 0 Å². The maximum atomic E-state index is 10.8. The van der Waals surface area contributed by atoms with Crippen molar-refractivity contribution in [2.45, 2.75) is 119 Å². The average molecular weight is 427 g/mol. The molecule has 0 amide bonds. The van der Waals surface area contributed by atoms with Crippen LogP contribution >= 0.6 is 0 Å². The first-order chi connectivity index (χ1) is 14.4. The van der Waals surface area contributed by atoms with Gasteiger partial charge in [0.2, 0.25) is 0 Å². The van der Waals surface area contributed by atoms with E-state index >= 15 is 0 Å². The van der Waals surface area contributed by atoms with Gasteiger partial charge in [0.1, 0.15) is 0 Å². The number of aliphatic hydroxyl groups excluding tert-OH is 1. The van der Waals surface area contributed by atoms with Gasteiger partial charge in [0, 0.05) is 0 Å². The van der Waals surface area contributed by atoms with E-state index < -0.39 is 0 Å². The molecule has 0 aromatic carbocycles. The molecule has 0 aliphatic heterocycles. The Labute approximate surface area is 193 Å². The number of hydrogen-bond donors (Lipinski definition) is 1. The molecule has 0 bridgehead atoms. The van der Waals surface area contributed by atoms with Gasteiger partial charge in [-0.15, -0.1) is 0 Å². The topological polar surface area (TPSA) is 20.2 Å². The van der Waals surface area contributed by atoms with Crippen molar-refractivity contribution in [3.05, 3.63) is 23.3 Å². The average Bonchev–Trinajstić information content (AvgIpc) is 2.96. The maximum Gasteiger partial charge on any atom is 0.0594 e. The molecule has 0 unspecified atom stereocenters. The van der Waals surface area contributed by atoms with Crippen LogP contribution in [0.3, 0.4) is 0 Å². The van der Waals surface area contributed by atoms with Gasteiger partial charge in [-0.3, -0.25) is 0 Å². The molecule has 4 rings (SSSR count). The molecular formula is C30H50O. The molecule has 0 aromatic heterocycles. The molecule has 2 fully saturated rings. The predicted molar refractivity (Wildman–Crippen MR) is 133 cm³/mol. The summed E-state index contributed by atoms with van der Waals surface area (Å²) in [6.45, 7) is 19.7. The van der Waals surface area contributed by atoms with E-state index in [4.69, 9.17) is 0 Å². The minimum atomic E-state index is -0.132. The van der Waals surface area contributed by atoms with Gasteiger partial charge in [-0.05, 0) is 103 Å². The Morgan fingerprint density at radius 1 is 0.903 bits per heavy atom. The fourth-order valence-corrected chi connectivity index (χ4v) is 9.36. The Bertz CT molecular complexity index is 756. The van der Waals surface area contributed by atoms with E-state index in [1.54, 1.807) is 0 Å². The van der Waals surface area contributed by atoms with Gasteiger partial charge in [0.15, 0.2) is 0 Å². The molecule has 2 saturated carbocycles. The maximum absolute atomic E-state index is 10.8. The van der Waals surface area contributed by atoms with E-state index in [-0.39, 0.29) is 11.5 Å². The van der Waals surface area contributed by atoms with Crippen molar-refractivity contribution in [1.82, 2.24) is 0 Å². The lowest BCUT2D eigenvalue weighted by atomic mass is 9.43. The summed E-state index contributed by atoms with van der Waals surface area (Å²) < 4.78 is 0. The van der Waals surface area contributed by atoms with Crippen molar-refractivity contribution >= 4 is 0 Å². The molecule has 4 aliphatic rings. The second-order valence-electron chi connectivity index (χ2n) is 13.6. The van der Waals surface area contributed by atoms with Crippen LogP contribution in [0.5, 0.6) is 0 Å². The third kappa shape index (κ3) is 3.34. The van der Waals surface area contributed by atoms with Gasteiger partial charge < -0.3 is 5.11 Å². The molecule has 0 aromatic rings. The first-order valence-corrected chi connectivity index (χ1v) is 13.5. The van der Waals surface area contributed by atoms with E-state index in [9.17, 15) is 5.11 Å². The molecule has 4 aliphatic carbocycles. The molecule has 1 heteroatoms. The zero-order chi connectivity index (χ0) is 22.8. The fraction of sp³-hybridized carbons (Fsp3) is 0.867. The Kier molecular flexibility index (Phi) is 5.90. The van der Waals surface area contributed by atoms with Crippen LogP contribution in [0.15, 0.2) is 23.3 Å². The van der Waals surface area contributed by atoms with Gasteiger partial charge in [-0.2, -0.15) is 0 Å². The number of hydrogen-bond acceptors (Lipinski definition) is 1. The van der Waals surface area contributed by atoms with Crippen LogP contribution in [0.2, 0.25) is 0 Å². The molecular weight excluding hydrogens is 376 g/mol. The second-order valence-corrected chi connectivity index (χ2v) is 13.6. The summed E-state index contributed by atoms with van der Waals surface area (Å²) in [6.07, 6.45) is 16.2. The lowest BCUT2D eigenvalue weighted by Crippen LogP contribution is -2.55. The lowest BCUT2D eigenvalue weighted by molar-refractivity contribution is -0.0961. The van der Waals surface area contributed by atoms with Crippen LogP contribution in [0, 0.1) is 45.3 Å². The Hall–Kier alpha value is -0.560. The molecule has 7 atom stereocenters. The van der Waals surface area contributed by atoms with E-state index in [0.29, 0.717) is 28.1 Å². The smallest absolute Gasteiger partial charge is 0.0594 e. The van der Waals surface area contributed by atoms with Gasteiger partial charge in [0.05, 0.1) is 6.10 Å². The summed E-state index contributed by atoms with van der Waals surface area (Å²) in [5.74, 6) is 2.92. The Balaban J connectivity index is 1.66. The Morgan fingerprint density at radius 2 is 1.61 bits per heavy atom. The van der Waals surface area contributed by atoms with Crippen molar-refractivity contribution in [2.75, 3.05) is 0 Å². The van der Waals surface area contributed by atoms with Crippen molar-refractivity contribution in [1.29, 1.82) is 0 Å². The summed E-state index contributed by atoms with van der Waals surface area (Å²) in [7, 11) is 0. The molecule has 176 valence electrons. The summed E-state index contributed by atoms with van der Waals surface area (Å²) in [6, 6.07) is 0. The van der Waals surface area contributed by atoms with Crippen LogP contribution in [-0.2, 0) is 0 Å². The highest BCUT2D eigenvalue weighted by Crippen LogP contribution is 2.72. The molecule has 31 heavy (non-hydrogen) atoms. The summed E-state index contributed by atoms with van der Waals surface area (Å²) >= 11 is 0. The quantitative estimate of drug-likeness (QED) is 0.448. The summed E-state index contributed by atoms with van der Waals surface area (Å²) in [4.78, 5) is 0. The minimum Gasteiger partial charge on any atom is -0.393 e. The summed E-state index contributed by atoms with van der Waals surface area (Å²) in [5.41, 5.74) is 4.91. The van der Waals surface area contributed by atoms with Crippen LogP contribution in [-0.4, -0.2) is 11.2 Å². The van der Waals surface area contributed by atoms with Crippen LogP contribution in [0.4, 0.5) is 0 Å². The minimum absolute atomic E-state index is 0.0443. The molecule has 1 N–H and O–H groups in total. The summed E-state index contributed by atoms with van der Waals surface area (Å²) in [5, 5.41) is 10.8. The monoisotopic (exact) mass is 426 g/mol. The van der Waals surface area contributed by atoms with E-state index in [0.717, 1.165) is 18.3 Å². The number of rotatable bonds is 4. The van der Waals surface area contributed by atoms with Crippen LogP contribution in [0.1, 0.15) is 113 Å². The van der Waals surface area contributed by atoms with Gasteiger partial charge in [0.25, 0.3) is 0 Å². The molecule has 0 radical (unpaired) electrons. The van der Waals surface area contributed by atoms with E-state index in [2.05, 4.69) is 67.5 Å². The van der Waals surface area contributed by atoms with Crippen molar-refractivity contribution in [2.24, 2.45) is 45.3 Å². The zero-order valence-corrected chi connectivity index (χ0v) is 21.9. The predicted octanol–water partition coefficient (Wildman–Crippen LogP) is 8.34. The number of aliphatic hydroxyl groups is 1. The third-order valence-electron chi connectivity index (χ3n) is 11.5. The van der Waals surface area contributed by atoms with Crippen molar-refractivity contribution < 1.29 is 5.11 Å². The van der Waals surface area contributed by atoms with Crippen molar-refractivity contribution in [3.63, 3.8) is 0 Å². The van der Waals surface area contributed by atoms with Gasteiger partial charge >= 0.3 is 0 Å². The third-order valence-corrected chi connectivity index (χ3v) is 11.5. The SMILES string of the molecule is CC(C)/C=C/C[C@@H](C)[C@H]1CC[C@@]2(C)C3=C(CC[C@]12C)[C@@]1(C)CC[C@H](O)C(C)(C)[C@@H]1CC3. The lowest BCUT2D eigenvalue weighted by Gasteiger charge is -2.62. The highest BCUT2D eigenvalue weighted by atomic mass is 16.3. The largest absolute Gasteiger partial charge is 0.393 e. The molecule has 0 heterocycles. The second kappa shape index (κ2) is 7.75. The highest BCUT2D eigenvalue weighted by molar-refractivity contribution is 5.38. The van der Waals surface area contributed by atoms with Gasteiger partial charge in [-0.25, -0.2) is 0 Å². The standard InChI is InChI=1S/C30H50O/c1-20(2)10-9-11-21(3)22-14-18-30(8)24-12-13-25-27(4,5)26(31)16-17-28(25,6)23(24)15-19-29(22,30)7/h9-10,20-22,25-26,31H,11-19H2,1-8H3/b10-9+/t21-,22-,25+,26+,28-,29-,30+/m1/s1. The fourth-order valence-electron chi connectivity index (χ4n) is 9.36. The molecule has 1 nitrogen and oxygen atoms in total. The number of fused-ring (bicyclic) bond motifs is 4. The van der Waals surface area contributed by atoms with Crippen molar-refractivity contribution in [3.8, 4) is 0 Å². The normalized spacial score (nSPS) is 45.5. The molecule has 0 saturated heterocycles. The van der Waals surface area contributed by atoms with E-state index in [1.165, 1.54) is 51.4 Å². The van der Waals surface area contributed by atoms with Crippen LogP contribution < -0.4 is 0 Å². The van der Waals surface area contributed by atoms with E-state index in [1.807, 2.05) is 11.1 Å². The number of allylic oxidation sites excluding steroid dienone is 4. The first kappa shape index (κ1) is 23.6. The first-order valence-electron chi connectivity index (χ1n) is 13.5.